The number of benzene rings is 1. The molecule has 2 N–H and O–H groups in total. The number of amides is 1. The minimum absolute atomic E-state index is 0.0391. The molecule has 1 aliphatic heterocycles. The number of hydrogen-bond acceptors (Lipinski definition) is 3. The van der Waals surface area contributed by atoms with Crippen LogP contribution in [-0.4, -0.2) is 36.0 Å². The molecule has 0 spiro atoms. The highest BCUT2D eigenvalue weighted by Crippen LogP contribution is 2.30. The van der Waals surface area contributed by atoms with Gasteiger partial charge in [0.1, 0.15) is 6.10 Å². The molecule has 5 heteroatoms. The standard InChI is InChI=1S/C14H19ClN2O2/c1-9-8-19-13(7-17(9)14(18)10(2)16)11-5-3-4-6-12(11)15/h3-6,9-10,13H,7-8,16H2,1-2H3/t9-,10-,13+/m0/s1. The van der Waals surface area contributed by atoms with Crippen molar-refractivity contribution in [2.24, 2.45) is 5.73 Å². The monoisotopic (exact) mass is 282 g/mol. The predicted molar refractivity (Wildman–Crippen MR) is 75.0 cm³/mol. The summed E-state index contributed by atoms with van der Waals surface area (Å²) in [5, 5.41) is 0.662. The molecule has 3 atom stereocenters. The molecule has 1 amide bonds. The molecule has 0 unspecified atom stereocenters. The first-order chi connectivity index (χ1) is 9.00. The lowest BCUT2D eigenvalue weighted by Gasteiger charge is -2.39. The van der Waals surface area contributed by atoms with Crippen molar-refractivity contribution in [2.75, 3.05) is 13.2 Å². The fourth-order valence-electron chi connectivity index (χ4n) is 2.25. The van der Waals surface area contributed by atoms with E-state index in [0.717, 1.165) is 5.56 Å². The molecule has 104 valence electrons. The molecule has 0 saturated carbocycles. The van der Waals surface area contributed by atoms with E-state index in [0.29, 0.717) is 18.2 Å². The molecule has 1 aromatic carbocycles. The third-order valence-electron chi connectivity index (χ3n) is 3.36. The van der Waals surface area contributed by atoms with Crippen molar-refractivity contribution in [3.05, 3.63) is 34.9 Å². The number of hydrogen-bond donors (Lipinski definition) is 1. The summed E-state index contributed by atoms with van der Waals surface area (Å²) in [5.41, 5.74) is 6.60. The van der Waals surface area contributed by atoms with Gasteiger partial charge in [-0.25, -0.2) is 0 Å². The largest absolute Gasteiger partial charge is 0.369 e. The van der Waals surface area contributed by atoms with Crippen molar-refractivity contribution >= 4 is 17.5 Å². The maximum atomic E-state index is 12.1. The van der Waals surface area contributed by atoms with Gasteiger partial charge in [0.2, 0.25) is 5.91 Å². The Morgan fingerprint density at radius 3 is 2.84 bits per heavy atom. The number of nitrogens with two attached hydrogens (primary N) is 1. The summed E-state index contributed by atoms with van der Waals surface area (Å²) >= 11 is 6.18. The van der Waals surface area contributed by atoms with Crippen LogP contribution in [0.5, 0.6) is 0 Å². The molecule has 0 aromatic heterocycles. The van der Waals surface area contributed by atoms with Crippen molar-refractivity contribution in [1.29, 1.82) is 0 Å². The second-order valence-corrected chi connectivity index (χ2v) is 5.38. The first-order valence-corrected chi connectivity index (χ1v) is 6.80. The van der Waals surface area contributed by atoms with E-state index in [4.69, 9.17) is 22.1 Å². The molecule has 1 fully saturated rings. The summed E-state index contributed by atoms with van der Waals surface area (Å²) < 4.78 is 5.80. The molecule has 0 bridgehead atoms. The van der Waals surface area contributed by atoms with Gasteiger partial charge in [-0.3, -0.25) is 4.79 Å². The van der Waals surface area contributed by atoms with Crippen molar-refractivity contribution in [2.45, 2.75) is 32.0 Å². The van der Waals surface area contributed by atoms with Crippen LogP contribution in [0, 0.1) is 0 Å². The van der Waals surface area contributed by atoms with Gasteiger partial charge in [-0.2, -0.15) is 0 Å². The van der Waals surface area contributed by atoms with Crippen LogP contribution < -0.4 is 5.73 Å². The lowest BCUT2D eigenvalue weighted by atomic mass is 10.1. The fourth-order valence-corrected chi connectivity index (χ4v) is 2.51. The van der Waals surface area contributed by atoms with E-state index in [1.807, 2.05) is 31.2 Å². The smallest absolute Gasteiger partial charge is 0.239 e. The van der Waals surface area contributed by atoms with Crippen LogP contribution in [0.4, 0.5) is 0 Å². The van der Waals surface area contributed by atoms with E-state index in [1.54, 1.807) is 11.8 Å². The van der Waals surface area contributed by atoms with E-state index in [-0.39, 0.29) is 18.1 Å². The van der Waals surface area contributed by atoms with Gasteiger partial charge in [0.05, 0.1) is 25.2 Å². The molecule has 1 heterocycles. The first-order valence-electron chi connectivity index (χ1n) is 6.42. The third-order valence-corrected chi connectivity index (χ3v) is 3.70. The molecular formula is C14H19ClN2O2. The topological polar surface area (TPSA) is 55.6 Å². The van der Waals surface area contributed by atoms with Gasteiger partial charge < -0.3 is 15.4 Å². The van der Waals surface area contributed by atoms with Gasteiger partial charge in [-0.1, -0.05) is 29.8 Å². The van der Waals surface area contributed by atoms with Gasteiger partial charge in [0.15, 0.2) is 0 Å². The highest BCUT2D eigenvalue weighted by molar-refractivity contribution is 6.31. The number of halogens is 1. The Kier molecular flexibility index (Phi) is 4.45. The van der Waals surface area contributed by atoms with Gasteiger partial charge in [0.25, 0.3) is 0 Å². The van der Waals surface area contributed by atoms with Crippen LogP contribution in [0.2, 0.25) is 5.02 Å². The second kappa shape index (κ2) is 5.90. The molecular weight excluding hydrogens is 264 g/mol. The zero-order valence-electron chi connectivity index (χ0n) is 11.2. The summed E-state index contributed by atoms with van der Waals surface area (Å²) in [6.07, 6.45) is -0.187. The zero-order chi connectivity index (χ0) is 14.0. The Hall–Kier alpha value is -1.10. The van der Waals surface area contributed by atoms with Crippen LogP contribution in [0.3, 0.4) is 0 Å². The van der Waals surface area contributed by atoms with Gasteiger partial charge in [0, 0.05) is 10.6 Å². The van der Waals surface area contributed by atoms with Crippen LogP contribution in [0.25, 0.3) is 0 Å². The quantitative estimate of drug-likeness (QED) is 0.902. The van der Waals surface area contributed by atoms with Crippen molar-refractivity contribution in [1.82, 2.24) is 4.90 Å². The molecule has 1 aliphatic rings. The summed E-state index contributed by atoms with van der Waals surface area (Å²) in [6, 6.07) is 7.10. The van der Waals surface area contributed by atoms with Gasteiger partial charge >= 0.3 is 0 Å². The van der Waals surface area contributed by atoms with Gasteiger partial charge in [-0.15, -0.1) is 0 Å². The van der Waals surface area contributed by atoms with Crippen molar-refractivity contribution < 1.29 is 9.53 Å². The third kappa shape index (κ3) is 3.08. The van der Waals surface area contributed by atoms with Crippen molar-refractivity contribution in [3.63, 3.8) is 0 Å². The van der Waals surface area contributed by atoms with E-state index >= 15 is 0 Å². The molecule has 2 rings (SSSR count). The number of rotatable bonds is 2. The Balaban J connectivity index is 2.18. The summed E-state index contributed by atoms with van der Waals surface area (Å²) in [4.78, 5) is 13.9. The molecule has 4 nitrogen and oxygen atoms in total. The normalized spacial score (nSPS) is 25.2. The van der Waals surface area contributed by atoms with Crippen LogP contribution in [0.1, 0.15) is 25.5 Å². The maximum absolute atomic E-state index is 12.1. The van der Waals surface area contributed by atoms with Crippen LogP contribution >= 0.6 is 11.6 Å². The number of carbonyl (C=O) groups is 1. The molecule has 0 aliphatic carbocycles. The Labute approximate surface area is 118 Å². The average Bonchev–Trinajstić information content (AvgIpc) is 2.39. The molecule has 1 saturated heterocycles. The maximum Gasteiger partial charge on any atom is 0.239 e. The Morgan fingerprint density at radius 2 is 2.21 bits per heavy atom. The lowest BCUT2D eigenvalue weighted by molar-refractivity contribution is -0.145. The summed E-state index contributed by atoms with van der Waals surface area (Å²) in [6.45, 7) is 4.65. The summed E-state index contributed by atoms with van der Waals surface area (Å²) in [5.74, 6) is -0.0483. The summed E-state index contributed by atoms with van der Waals surface area (Å²) in [7, 11) is 0. The van der Waals surface area contributed by atoms with E-state index < -0.39 is 6.04 Å². The minimum Gasteiger partial charge on any atom is -0.369 e. The SMILES string of the molecule is C[C@H](N)C(=O)N1C[C@H](c2ccccc2Cl)OC[C@@H]1C. The van der Waals surface area contributed by atoms with E-state index in [9.17, 15) is 4.79 Å². The van der Waals surface area contributed by atoms with Crippen molar-refractivity contribution in [3.8, 4) is 0 Å². The number of carbonyl (C=O) groups excluding carboxylic acids is 1. The lowest BCUT2D eigenvalue weighted by Crippen LogP contribution is -2.52. The van der Waals surface area contributed by atoms with Gasteiger partial charge in [-0.05, 0) is 19.9 Å². The average molecular weight is 283 g/mol. The fraction of sp³-hybridized carbons (Fsp3) is 0.500. The van der Waals surface area contributed by atoms with E-state index in [2.05, 4.69) is 0 Å². The molecule has 1 aromatic rings. The second-order valence-electron chi connectivity index (χ2n) is 4.97. The highest BCUT2D eigenvalue weighted by Gasteiger charge is 2.32. The molecule has 19 heavy (non-hydrogen) atoms. The van der Waals surface area contributed by atoms with Crippen LogP contribution in [-0.2, 0) is 9.53 Å². The van der Waals surface area contributed by atoms with Crippen LogP contribution in [0.15, 0.2) is 24.3 Å². The molecule has 0 radical (unpaired) electrons. The Bertz CT molecular complexity index is 465. The first kappa shape index (κ1) is 14.3. The highest BCUT2D eigenvalue weighted by atomic mass is 35.5. The van der Waals surface area contributed by atoms with E-state index in [1.165, 1.54) is 0 Å². The minimum atomic E-state index is -0.493. The number of morpholine rings is 1. The Morgan fingerprint density at radius 1 is 1.53 bits per heavy atom. The number of ether oxygens (including phenoxy) is 1. The number of nitrogens with zero attached hydrogens (tertiary/aromatic N) is 1. The zero-order valence-corrected chi connectivity index (χ0v) is 11.9. The predicted octanol–water partition coefficient (Wildman–Crippen LogP) is 1.98.